The van der Waals surface area contributed by atoms with Crippen molar-refractivity contribution < 1.29 is 34.3 Å². The molecule has 10 atom stereocenters. The van der Waals surface area contributed by atoms with Gasteiger partial charge in [-0.2, -0.15) is 0 Å². The van der Waals surface area contributed by atoms with E-state index in [0.717, 1.165) is 4.47 Å². The van der Waals surface area contributed by atoms with Gasteiger partial charge >= 0.3 is 0 Å². The van der Waals surface area contributed by atoms with Gasteiger partial charge in [0.2, 0.25) is 18.0 Å². The second-order valence-electron chi connectivity index (χ2n) is 9.08. The highest BCUT2D eigenvalue weighted by molar-refractivity contribution is 9.10. The first-order valence-corrected chi connectivity index (χ1v) is 12.1. The van der Waals surface area contributed by atoms with Crippen LogP contribution in [0, 0.1) is 5.92 Å². The quantitative estimate of drug-likeness (QED) is 0.351. The third-order valence-electron chi connectivity index (χ3n) is 6.90. The Balaban J connectivity index is 1.55. The Labute approximate surface area is 201 Å². The van der Waals surface area contributed by atoms with E-state index in [-0.39, 0.29) is 18.4 Å². The molecular formula is C22H32BrN3O7. The molecule has 33 heavy (non-hydrogen) atoms. The molecule has 11 heteroatoms. The van der Waals surface area contributed by atoms with Crippen molar-refractivity contribution in [1.82, 2.24) is 15.6 Å². The van der Waals surface area contributed by atoms with Crippen molar-refractivity contribution in [3.8, 4) is 0 Å². The Kier molecular flexibility index (Phi) is 7.42. The van der Waals surface area contributed by atoms with Crippen molar-refractivity contribution in [1.29, 1.82) is 0 Å². The summed E-state index contributed by atoms with van der Waals surface area (Å²) in [7, 11) is 1.68. The minimum Gasteiger partial charge on any atom is -0.391 e. The van der Waals surface area contributed by atoms with Gasteiger partial charge in [-0.25, -0.2) is 0 Å². The number of hydrogen-bond donors (Lipinski definition) is 5. The molecule has 3 aliphatic rings. The topological polar surface area (TPSA) is 142 Å². The van der Waals surface area contributed by atoms with E-state index < -0.39 is 54.5 Å². The van der Waals surface area contributed by atoms with Gasteiger partial charge in [-0.3, -0.25) is 9.78 Å². The van der Waals surface area contributed by atoms with Gasteiger partial charge in [0.25, 0.3) is 0 Å². The largest absolute Gasteiger partial charge is 0.391 e. The van der Waals surface area contributed by atoms with Crippen molar-refractivity contribution in [2.75, 3.05) is 7.05 Å². The normalized spacial score (nSPS) is 42.8. The summed E-state index contributed by atoms with van der Waals surface area (Å²) < 4.78 is 18.9. The number of carbonyl (C=O) groups excluding carboxylic acids is 1. The smallest absolute Gasteiger partial charge is 0.239 e. The molecule has 1 aliphatic carbocycles. The number of nitrogens with one attached hydrogen (secondary N) is 2. The molecule has 3 heterocycles. The molecule has 0 aromatic carbocycles. The van der Waals surface area contributed by atoms with Crippen LogP contribution in [0.1, 0.15) is 32.4 Å². The Morgan fingerprint density at radius 1 is 1.27 bits per heavy atom. The van der Waals surface area contributed by atoms with Crippen LogP contribution in [0.15, 0.2) is 22.8 Å². The number of likely N-dealkylation sites (N-methyl/N-ethyl adjacent to an activating group) is 1. The first kappa shape index (κ1) is 24.9. The zero-order valence-electron chi connectivity index (χ0n) is 18.8. The van der Waals surface area contributed by atoms with E-state index in [1.807, 2.05) is 13.8 Å². The molecule has 2 saturated heterocycles. The summed E-state index contributed by atoms with van der Waals surface area (Å²) in [4.78, 5) is 17.0. The lowest BCUT2D eigenvalue weighted by Crippen LogP contribution is -2.77. The first-order valence-electron chi connectivity index (χ1n) is 11.3. The Hall–Kier alpha value is -1.18. The fourth-order valence-electron chi connectivity index (χ4n) is 5.16. The highest BCUT2D eigenvalue weighted by atomic mass is 79.9. The molecule has 1 aromatic rings. The predicted molar refractivity (Wildman–Crippen MR) is 120 cm³/mol. The molecule has 4 rings (SSSR count). The van der Waals surface area contributed by atoms with Gasteiger partial charge < -0.3 is 40.2 Å². The van der Waals surface area contributed by atoms with E-state index in [1.165, 1.54) is 0 Å². The van der Waals surface area contributed by atoms with Crippen molar-refractivity contribution in [3.05, 3.63) is 28.5 Å². The molecule has 3 unspecified atom stereocenters. The summed E-state index contributed by atoms with van der Waals surface area (Å²) in [6.45, 7) is 3.70. The van der Waals surface area contributed by atoms with Crippen LogP contribution in [0.3, 0.4) is 0 Å². The highest BCUT2D eigenvalue weighted by Gasteiger charge is 2.63. The van der Waals surface area contributed by atoms with Crippen LogP contribution in [0.2, 0.25) is 0 Å². The van der Waals surface area contributed by atoms with Crippen molar-refractivity contribution in [2.45, 2.75) is 87.8 Å². The van der Waals surface area contributed by atoms with Gasteiger partial charge in [0, 0.05) is 22.3 Å². The van der Waals surface area contributed by atoms with E-state index in [2.05, 4.69) is 31.5 Å². The summed E-state index contributed by atoms with van der Waals surface area (Å²) in [5.74, 6) is -2.75. The van der Waals surface area contributed by atoms with E-state index >= 15 is 0 Å². The lowest BCUT2D eigenvalue weighted by molar-refractivity contribution is -0.450. The van der Waals surface area contributed by atoms with Crippen molar-refractivity contribution in [2.24, 2.45) is 5.92 Å². The third kappa shape index (κ3) is 4.70. The van der Waals surface area contributed by atoms with E-state index in [4.69, 9.17) is 14.2 Å². The maximum Gasteiger partial charge on any atom is 0.239 e. The zero-order chi connectivity index (χ0) is 23.9. The van der Waals surface area contributed by atoms with Crippen LogP contribution in [0.4, 0.5) is 0 Å². The van der Waals surface area contributed by atoms with Crippen molar-refractivity contribution in [3.63, 3.8) is 0 Å². The molecule has 184 valence electrons. The molecule has 0 spiro atoms. The summed E-state index contributed by atoms with van der Waals surface area (Å²) in [6, 6.07) is 2.13. The lowest BCUT2D eigenvalue weighted by atomic mass is 9.74. The number of rotatable bonds is 5. The SMILES string of the molecule is CC[C@@H]1[C@H](O)[C@H](NC)C2O[C@]3(O)C(OC2[C@H]1O)O[C@H](C)C[C@H]3NC(=O)Cc1ccc(Br)cn1. The second-order valence-corrected chi connectivity index (χ2v) is 10.00. The van der Waals surface area contributed by atoms with Crippen LogP contribution in [0.5, 0.6) is 0 Å². The summed E-state index contributed by atoms with van der Waals surface area (Å²) in [6.07, 6.45) is -2.63. The minimum atomic E-state index is -2.00. The fraction of sp³-hybridized carbons (Fsp3) is 0.727. The van der Waals surface area contributed by atoms with Gasteiger partial charge in [0.15, 0.2) is 0 Å². The number of ether oxygens (including phenoxy) is 3. The predicted octanol–water partition coefficient (Wildman–Crippen LogP) is -0.171. The number of aromatic nitrogens is 1. The van der Waals surface area contributed by atoms with Crippen LogP contribution in [0.25, 0.3) is 0 Å². The average Bonchev–Trinajstić information content (AvgIpc) is 2.76. The van der Waals surface area contributed by atoms with Gasteiger partial charge in [0.1, 0.15) is 12.2 Å². The molecule has 1 aromatic heterocycles. The van der Waals surface area contributed by atoms with Crippen molar-refractivity contribution >= 4 is 21.8 Å². The minimum absolute atomic E-state index is 0.0292. The van der Waals surface area contributed by atoms with E-state index in [0.29, 0.717) is 18.5 Å². The van der Waals surface area contributed by atoms with Gasteiger partial charge in [-0.1, -0.05) is 6.92 Å². The Morgan fingerprint density at radius 2 is 2.03 bits per heavy atom. The molecule has 5 N–H and O–H groups in total. The Morgan fingerprint density at radius 3 is 2.67 bits per heavy atom. The number of pyridine rings is 1. The van der Waals surface area contributed by atoms with Gasteiger partial charge in [-0.15, -0.1) is 0 Å². The monoisotopic (exact) mass is 529 g/mol. The number of halogens is 1. The number of hydrogen-bond acceptors (Lipinski definition) is 9. The second kappa shape index (κ2) is 9.82. The molecule has 1 saturated carbocycles. The van der Waals surface area contributed by atoms with Crippen LogP contribution >= 0.6 is 15.9 Å². The number of aliphatic hydroxyl groups excluding tert-OH is 2. The third-order valence-corrected chi connectivity index (χ3v) is 7.37. The van der Waals surface area contributed by atoms with Gasteiger partial charge in [-0.05, 0) is 54.9 Å². The number of amides is 1. The summed E-state index contributed by atoms with van der Waals surface area (Å²) in [5.41, 5.74) is 0.583. The maximum absolute atomic E-state index is 12.8. The zero-order valence-corrected chi connectivity index (χ0v) is 20.4. The van der Waals surface area contributed by atoms with E-state index in [9.17, 15) is 20.1 Å². The summed E-state index contributed by atoms with van der Waals surface area (Å²) in [5, 5.41) is 39.1. The highest BCUT2D eigenvalue weighted by Crippen LogP contribution is 2.43. The van der Waals surface area contributed by atoms with E-state index in [1.54, 1.807) is 25.4 Å². The number of fused-ring (bicyclic) bond motifs is 2. The van der Waals surface area contributed by atoms with Crippen LogP contribution in [-0.4, -0.2) is 87.9 Å². The van der Waals surface area contributed by atoms with Crippen LogP contribution in [-0.2, 0) is 25.4 Å². The first-order chi connectivity index (χ1) is 15.7. The molecule has 0 bridgehead atoms. The number of carbonyl (C=O) groups is 1. The standard InChI is InChI=1S/C22H32BrN3O7/c1-4-13-17(28)16(24-3)19-20(18(13)29)32-21-22(30,33-19)14(7-10(2)31-21)26-15(27)8-12-6-5-11(23)9-25-12/h5-6,9-10,13-14,16-21,24,28-30H,4,7-8H2,1-3H3,(H,26,27)/t10-,13-,14-,16+,17+,18+,19?,20?,21?,22+/m1/s1. The molecule has 10 nitrogen and oxygen atoms in total. The average molecular weight is 530 g/mol. The Bertz CT molecular complexity index is 846. The summed E-state index contributed by atoms with van der Waals surface area (Å²) >= 11 is 3.32. The lowest BCUT2D eigenvalue weighted by Gasteiger charge is -2.58. The molecular weight excluding hydrogens is 498 g/mol. The molecule has 2 aliphatic heterocycles. The molecule has 3 fully saturated rings. The van der Waals surface area contributed by atoms with Gasteiger partial charge in [0.05, 0.1) is 36.8 Å². The maximum atomic E-state index is 12.8. The number of nitrogens with zero attached hydrogens (tertiary/aromatic N) is 1. The fourth-order valence-corrected chi connectivity index (χ4v) is 5.40. The number of aliphatic hydroxyl groups is 3. The van der Waals surface area contributed by atoms with Crippen LogP contribution < -0.4 is 10.6 Å². The molecule has 0 radical (unpaired) electrons. The molecule has 1 amide bonds.